The highest BCUT2D eigenvalue weighted by Gasteiger charge is 2.43. The van der Waals surface area contributed by atoms with Gasteiger partial charge in [-0.3, -0.25) is 14.7 Å². The summed E-state index contributed by atoms with van der Waals surface area (Å²) in [5, 5.41) is 22.1. The van der Waals surface area contributed by atoms with Gasteiger partial charge in [0.25, 0.3) is 0 Å². The number of benzene rings is 1. The molecular weight excluding hydrogens is 449 g/mol. The summed E-state index contributed by atoms with van der Waals surface area (Å²) in [6.07, 6.45) is -4.60. The molecule has 7 nitrogen and oxygen atoms in total. The predicted octanol–water partition coefficient (Wildman–Crippen LogP) is 5.60. The molecule has 0 fully saturated rings. The minimum absolute atomic E-state index is 0.0948. The molecule has 0 saturated heterocycles. The Morgan fingerprint density at radius 3 is 2.35 bits per heavy atom. The zero-order valence-corrected chi connectivity index (χ0v) is 18.8. The second kappa shape index (κ2) is 9.17. The number of alkyl halides is 3. The number of ketones is 1. The van der Waals surface area contributed by atoms with Crippen molar-refractivity contribution in [1.29, 1.82) is 5.26 Å². The van der Waals surface area contributed by atoms with Gasteiger partial charge in [-0.1, -0.05) is 20.8 Å². The van der Waals surface area contributed by atoms with Crippen molar-refractivity contribution < 1.29 is 27.9 Å². The second-order valence-corrected chi connectivity index (χ2v) is 8.95. The van der Waals surface area contributed by atoms with Crippen LogP contribution in [0.4, 0.5) is 29.3 Å². The maximum Gasteiger partial charge on any atom is 0.433 e. The van der Waals surface area contributed by atoms with E-state index < -0.39 is 29.4 Å². The van der Waals surface area contributed by atoms with E-state index in [0.29, 0.717) is 11.3 Å². The molecule has 1 aromatic carbocycles. The topological polar surface area (TPSA) is 106 Å². The lowest BCUT2D eigenvalue weighted by molar-refractivity contribution is -0.141. The summed E-state index contributed by atoms with van der Waals surface area (Å²) < 4.78 is 39.3. The number of anilines is 2. The number of rotatable bonds is 5. The molecule has 178 valence electrons. The molecule has 3 rings (SSSR count). The first-order valence-corrected chi connectivity index (χ1v) is 10.4. The third-order valence-corrected chi connectivity index (χ3v) is 5.41. The number of carbonyl (C=O) groups excluding carboxylic acids is 1. The smallest absolute Gasteiger partial charge is 0.433 e. The molecule has 0 radical (unpaired) electrons. The fraction of sp³-hybridized carbons (Fsp3) is 0.333. The largest absolute Gasteiger partial charge is 0.465 e. The van der Waals surface area contributed by atoms with Gasteiger partial charge in [0, 0.05) is 35.3 Å². The van der Waals surface area contributed by atoms with Crippen LogP contribution in [0.1, 0.15) is 44.9 Å². The van der Waals surface area contributed by atoms with E-state index in [-0.39, 0.29) is 35.6 Å². The van der Waals surface area contributed by atoms with Crippen LogP contribution in [0, 0.1) is 16.7 Å². The summed E-state index contributed by atoms with van der Waals surface area (Å²) in [6.45, 7) is 5.34. The normalized spacial score (nSPS) is 15.1. The van der Waals surface area contributed by atoms with Crippen molar-refractivity contribution in [2.45, 2.75) is 45.8 Å². The van der Waals surface area contributed by atoms with Crippen molar-refractivity contribution in [3.63, 3.8) is 0 Å². The molecule has 0 aliphatic heterocycles. The number of hydrogen-bond donors (Lipinski definition) is 2. The van der Waals surface area contributed by atoms with Gasteiger partial charge in [-0.05, 0) is 48.2 Å². The minimum atomic E-state index is -4.63. The Morgan fingerprint density at radius 2 is 1.82 bits per heavy atom. The van der Waals surface area contributed by atoms with Crippen LogP contribution in [0.5, 0.6) is 0 Å². The fourth-order valence-corrected chi connectivity index (χ4v) is 3.98. The second-order valence-electron chi connectivity index (χ2n) is 8.95. The Morgan fingerprint density at radius 1 is 1.18 bits per heavy atom. The molecule has 2 aromatic rings. The zero-order valence-electron chi connectivity index (χ0n) is 18.8. The van der Waals surface area contributed by atoms with Gasteiger partial charge < -0.3 is 10.4 Å². The average Bonchev–Trinajstić information content (AvgIpc) is 3.10. The van der Waals surface area contributed by atoms with Crippen LogP contribution < -0.4 is 10.2 Å². The lowest BCUT2D eigenvalue weighted by Crippen LogP contribution is -2.50. The predicted molar refractivity (Wildman–Crippen MR) is 119 cm³/mol. The van der Waals surface area contributed by atoms with E-state index in [9.17, 15) is 27.9 Å². The Balaban J connectivity index is 2.12. The number of Topliss-reactive ketones (excluding diaryl/α,β-unsaturated/α-hetero) is 1. The van der Waals surface area contributed by atoms with Crippen LogP contribution in [0.2, 0.25) is 0 Å². The number of carboxylic acid groups (broad SMARTS) is 1. The molecule has 34 heavy (non-hydrogen) atoms. The molecule has 1 aromatic heterocycles. The van der Waals surface area contributed by atoms with Gasteiger partial charge in [0.15, 0.2) is 5.78 Å². The number of amides is 1. The summed E-state index contributed by atoms with van der Waals surface area (Å²) in [5.74, 6) is -0.285. The van der Waals surface area contributed by atoms with E-state index in [1.165, 1.54) is 30.3 Å². The number of aromatic nitrogens is 1. The molecule has 0 spiro atoms. The van der Waals surface area contributed by atoms with E-state index in [1.807, 2.05) is 6.07 Å². The fourth-order valence-electron chi connectivity index (χ4n) is 3.98. The molecular formula is C24H23F3N4O3. The maximum atomic E-state index is 13.1. The standard InChI is InChI=1S/C24H23F3N4O3/c1-23(2,3)21(31(22(33)34)16-6-4-14(13-28)5-7-16)20-17(8-9-18(20)32)30-15-10-11-29-19(12-15)24(25,26)27/h4-7,10-12,21H,8-9H2,1-3H3,(H,29,30)(H,33,34). The van der Waals surface area contributed by atoms with Crippen LogP contribution in [0.25, 0.3) is 0 Å². The van der Waals surface area contributed by atoms with E-state index in [2.05, 4.69) is 10.3 Å². The van der Waals surface area contributed by atoms with E-state index in [0.717, 1.165) is 17.2 Å². The van der Waals surface area contributed by atoms with Gasteiger partial charge in [-0.15, -0.1) is 0 Å². The molecule has 10 heteroatoms. The van der Waals surface area contributed by atoms with Crippen LogP contribution in [-0.4, -0.2) is 28.0 Å². The number of nitrogens with zero attached hydrogens (tertiary/aromatic N) is 3. The van der Waals surface area contributed by atoms with Crippen molar-refractivity contribution in [3.05, 3.63) is 65.1 Å². The number of pyridine rings is 1. The highest BCUT2D eigenvalue weighted by molar-refractivity contribution is 6.03. The molecule has 1 unspecified atom stereocenters. The molecule has 1 heterocycles. The van der Waals surface area contributed by atoms with Gasteiger partial charge in [0.05, 0.1) is 17.7 Å². The molecule has 1 amide bonds. The summed E-state index contributed by atoms with van der Waals surface area (Å²) in [4.78, 5) is 29.8. The first-order chi connectivity index (χ1) is 15.8. The third kappa shape index (κ3) is 5.20. The monoisotopic (exact) mass is 472 g/mol. The van der Waals surface area contributed by atoms with Crippen molar-refractivity contribution >= 4 is 23.3 Å². The summed E-state index contributed by atoms with van der Waals surface area (Å²) in [5.41, 5.74) is -0.573. The number of halogens is 3. The lowest BCUT2D eigenvalue weighted by atomic mass is 9.79. The van der Waals surface area contributed by atoms with Crippen molar-refractivity contribution in [3.8, 4) is 6.07 Å². The molecule has 0 bridgehead atoms. The van der Waals surface area contributed by atoms with E-state index >= 15 is 0 Å². The highest BCUT2D eigenvalue weighted by Crippen LogP contribution is 2.40. The van der Waals surface area contributed by atoms with Crippen molar-refractivity contribution in [1.82, 2.24) is 4.98 Å². The Labute approximate surface area is 194 Å². The number of carbonyl (C=O) groups is 2. The number of hydrogen-bond acceptors (Lipinski definition) is 5. The van der Waals surface area contributed by atoms with Crippen molar-refractivity contribution in [2.75, 3.05) is 10.2 Å². The number of nitriles is 1. The van der Waals surface area contributed by atoms with Gasteiger partial charge in [-0.25, -0.2) is 4.79 Å². The Hall–Kier alpha value is -3.87. The average molecular weight is 472 g/mol. The molecule has 1 aliphatic carbocycles. The zero-order chi connectivity index (χ0) is 25.3. The van der Waals surface area contributed by atoms with Crippen LogP contribution >= 0.6 is 0 Å². The van der Waals surface area contributed by atoms with E-state index in [4.69, 9.17) is 5.26 Å². The first-order valence-electron chi connectivity index (χ1n) is 10.4. The summed E-state index contributed by atoms with van der Waals surface area (Å²) in [6, 6.07) is 9.14. The van der Waals surface area contributed by atoms with Gasteiger partial charge >= 0.3 is 12.3 Å². The van der Waals surface area contributed by atoms with Gasteiger partial charge in [0.1, 0.15) is 5.69 Å². The first kappa shape index (κ1) is 24.8. The molecule has 0 saturated carbocycles. The molecule has 1 aliphatic rings. The van der Waals surface area contributed by atoms with Crippen molar-refractivity contribution in [2.24, 2.45) is 5.41 Å². The van der Waals surface area contributed by atoms with Crippen LogP contribution in [0.15, 0.2) is 53.9 Å². The van der Waals surface area contributed by atoms with Crippen LogP contribution in [-0.2, 0) is 11.0 Å². The molecule has 2 N–H and O–H groups in total. The lowest BCUT2D eigenvalue weighted by Gasteiger charge is -2.39. The summed E-state index contributed by atoms with van der Waals surface area (Å²) >= 11 is 0. The third-order valence-electron chi connectivity index (χ3n) is 5.41. The van der Waals surface area contributed by atoms with Gasteiger partial charge in [0.2, 0.25) is 0 Å². The Kier molecular flexibility index (Phi) is 6.68. The molecule has 1 atom stereocenters. The quantitative estimate of drug-likeness (QED) is 0.587. The maximum absolute atomic E-state index is 13.1. The number of allylic oxidation sites excluding steroid dienone is 1. The SMILES string of the molecule is CC(C)(C)C(C1=C(Nc2ccnc(C(F)(F)F)c2)CCC1=O)N(C(=O)O)c1ccc(C#N)cc1. The highest BCUT2D eigenvalue weighted by atomic mass is 19.4. The summed E-state index contributed by atoms with van der Waals surface area (Å²) in [7, 11) is 0. The Bertz CT molecular complexity index is 1180. The van der Waals surface area contributed by atoms with E-state index in [1.54, 1.807) is 20.8 Å². The van der Waals surface area contributed by atoms with Crippen LogP contribution in [0.3, 0.4) is 0 Å². The van der Waals surface area contributed by atoms with Gasteiger partial charge in [-0.2, -0.15) is 18.4 Å². The number of nitrogens with one attached hydrogen (secondary N) is 1. The minimum Gasteiger partial charge on any atom is -0.465 e.